The Morgan fingerprint density at radius 2 is 1.83 bits per heavy atom. The van der Waals surface area contributed by atoms with Gasteiger partial charge in [0.15, 0.2) is 5.96 Å². The first-order valence-corrected chi connectivity index (χ1v) is 9.77. The summed E-state index contributed by atoms with van der Waals surface area (Å²) >= 11 is 0. The zero-order valence-corrected chi connectivity index (χ0v) is 17.4. The van der Waals surface area contributed by atoms with Crippen LogP contribution in [0.3, 0.4) is 0 Å². The number of halogens is 3. The van der Waals surface area contributed by atoms with Gasteiger partial charge in [0, 0.05) is 39.4 Å². The molecule has 1 N–H and O–H groups in total. The summed E-state index contributed by atoms with van der Waals surface area (Å²) in [5.74, 6) is 1.44. The number of hydrogen-bond acceptors (Lipinski definition) is 4. The Bertz CT molecular complexity index is 841. The van der Waals surface area contributed by atoms with Crippen molar-refractivity contribution in [2.24, 2.45) is 4.99 Å². The van der Waals surface area contributed by atoms with Gasteiger partial charge in [-0.05, 0) is 37.3 Å². The predicted molar refractivity (Wildman–Crippen MR) is 109 cm³/mol. The highest BCUT2D eigenvalue weighted by Crippen LogP contribution is 2.25. The summed E-state index contributed by atoms with van der Waals surface area (Å²) in [6, 6.07) is 8.06. The molecule has 2 aromatic rings. The molecule has 1 fully saturated rings. The lowest BCUT2D eigenvalue weighted by atomic mass is 10.2. The lowest BCUT2D eigenvalue weighted by Crippen LogP contribution is -2.56. The lowest BCUT2D eigenvalue weighted by molar-refractivity contribution is -0.181. The zero-order chi connectivity index (χ0) is 21.7. The Balaban J connectivity index is 1.53. The van der Waals surface area contributed by atoms with E-state index in [4.69, 9.17) is 4.74 Å². The van der Waals surface area contributed by atoms with Crippen molar-refractivity contribution < 1.29 is 17.9 Å². The average molecular weight is 424 g/mol. The van der Waals surface area contributed by atoms with Crippen LogP contribution in [0.1, 0.15) is 12.6 Å². The summed E-state index contributed by atoms with van der Waals surface area (Å²) in [6.45, 7) is 3.33. The molecule has 0 saturated carbocycles. The van der Waals surface area contributed by atoms with Crippen LogP contribution in [-0.4, -0.2) is 78.1 Å². The summed E-state index contributed by atoms with van der Waals surface area (Å²) in [7, 11) is 3.29. The Morgan fingerprint density at radius 3 is 2.40 bits per heavy atom. The van der Waals surface area contributed by atoms with Gasteiger partial charge in [-0.1, -0.05) is 0 Å². The first-order valence-electron chi connectivity index (χ1n) is 9.77. The van der Waals surface area contributed by atoms with Crippen LogP contribution in [0, 0.1) is 0 Å². The van der Waals surface area contributed by atoms with Gasteiger partial charge in [0.2, 0.25) is 0 Å². The second-order valence-electron chi connectivity index (χ2n) is 7.09. The number of nitrogens with one attached hydrogen (secondary N) is 1. The fourth-order valence-electron chi connectivity index (χ4n) is 3.36. The summed E-state index contributed by atoms with van der Waals surface area (Å²) in [5.41, 5.74) is 1.75. The molecule has 0 aliphatic carbocycles. The first-order chi connectivity index (χ1) is 14.3. The van der Waals surface area contributed by atoms with E-state index in [1.165, 1.54) is 11.8 Å². The minimum atomic E-state index is -4.20. The van der Waals surface area contributed by atoms with Crippen molar-refractivity contribution in [2.75, 3.05) is 40.3 Å². The number of alkyl halides is 3. The molecule has 1 saturated heterocycles. The van der Waals surface area contributed by atoms with Gasteiger partial charge in [0.1, 0.15) is 11.8 Å². The third kappa shape index (κ3) is 5.24. The topological polar surface area (TPSA) is 57.9 Å². The molecule has 0 radical (unpaired) electrons. The van der Waals surface area contributed by atoms with E-state index in [-0.39, 0.29) is 0 Å². The number of rotatable bonds is 5. The molecule has 30 heavy (non-hydrogen) atoms. The van der Waals surface area contributed by atoms with Crippen molar-refractivity contribution >= 4 is 5.96 Å². The summed E-state index contributed by atoms with van der Waals surface area (Å²) in [4.78, 5) is 7.70. The van der Waals surface area contributed by atoms with Gasteiger partial charge < -0.3 is 15.0 Å². The van der Waals surface area contributed by atoms with E-state index >= 15 is 0 Å². The molecular weight excluding hydrogens is 397 g/mol. The molecule has 1 unspecified atom stereocenters. The average Bonchev–Trinajstić information content (AvgIpc) is 3.22. The zero-order valence-electron chi connectivity index (χ0n) is 17.4. The molecule has 2 heterocycles. The van der Waals surface area contributed by atoms with Crippen molar-refractivity contribution in [1.29, 1.82) is 0 Å². The second-order valence-corrected chi connectivity index (χ2v) is 7.09. The third-order valence-electron chi connectivity index (χ3n) is 5.26. The summed E-state index contributed by atoms with van der Waals surface area (Å²) < 4.78 is 45.7. The molecule has 164 valence electrons. The maximum Gasteiger partial charge on any atom is 0.403 e. The highest BCUT2D eigenvalue weighted by atomic mass is 19.4. The van der Waals surface area contributed by atoms with Crippen LogP contribution in [0.5, 0.6) is 5.75 Å². The van der Waals surface area contributed by atoms with Crippen LogP contribution in [0.4, 0.5) is 13.2 Å². The van der Waals surface area contributed by atoms with E-state index in [1.807, 2.05) is 41.4 Å². The number of methoxy groups -OCH3 is 1. The van der Waals surface area contributed by atoms with Gasteiger partial charge in [0.05, 0.1) is 25.0 Å². The molecule has 1 aliphatic heterocycles. The molecule has 0 amide bonds. The Morgan fingerprint density at radius 1 is 1.17 bits per heavy atom. The van der Waals surface area contributed by atoms with E-state index in [1.54, 1.807) is 18.8 Å². The number of guanidine groups is 1. The van der Waals surface area contributed by atoms with Crippen LogP contribution in [-0.2, 0) is 6.54 Å². The molecule has 3 rings (SSSR count). The van der Waals surface area contributed by atoms with Crippen molar-refractivity contribution in [3.63, 3.8) is 0 Å². The van der Waals surface area contributed by atoms with E-state index in [0.717, 1.165) is 17.1 Å². The predicted octanol–water partition coefficient (Wildman–Crippen LogP) is 2.52. The van der Waals surface area contributed by atoms with Crippen LogP contribution >= 0.6 is 0 Å². The maximum absolute atomic E-state index is 12.9. The lowest BCUT2D eigenvalue weighted by Gasteiger charge is -2.39. The molecule has 1 atom stereocenters. The van der Waals surface area contributed by atoms with Crippen molar-refractivity contribution in [3.05, 3.63) is 42.2 Å². The SMILES string of the molecule is CN=C(NCc1ccn(-c2ccc(OC)cc2)n1)N1CCN(C(C)C(F)(F)F)CC1. The molecule has 1 aliphatic rings. The highest BCUT2D eigenvalue weighted by Gasteiger charge is 2.41. The Labute approximate surface area is 174 Å². The normalized spacial score (nSPS) is 17.1. The van der Waals surface area contributed by atoms with E-state index in [0.29, 0.717) is 38.7 Å². The van der Waals surface area contributed by atoms with Crippen molar-refractivity contribution in [3.8, 4) is 11.4 Å². The summed E-state index contributed by atoms with van der Waals surface area (Å²) in [6.07, 6.45) is -2.33. The third-order valence-corrected chi connectivity index (χ3v) is 5.26. The molecule has 10 heteroatoms. The molecule has 0 bridgehead atoms. The van der Waals surface area contributed by atoms with Crippen LogP contribution < -0.4 is 10.1 Å². The number of hydrogen-bond donors (Lipinski definition) is 1. The van der Waals surface area contributed by atoms with Gasteiger partial charge in [-0.2, -0.15) is 18.3 Å². The van der Waals surface area contributed by atoms with E-state index in [2.05, 4.69) is 15.4 Å². The smallest absolute Gasteiger partial charge is 0.403 e. The molecular formula is C20H27F3N6O. The largest absolute Gasteiger partial charge is 0.497 e. The maximum atomic E-state index is 12.9. The number of benzene rings is 1. The number of aromatic nitrogens is 2. The standard InChI is InChI=1S/C20H27F3N6O/c1-15(20(21,22)23)27-10-12-28(13-11-27)19(24-2)25-14-16-8-9-29(26-16)17-4-6-18(30-3)7-5-17/h4-9,15H,10-14H2,1-3H3,(H,24,25). The van der Waals surface area contributed by atoms with Gasteiger partial charge in [0.25, 0.3) is 0 Å². The van der Waals surface area contributed by atoms with Crippen LogP contribution in [0.15, 0.2) is 41.5 Å². The monoisotopic (exact) mass is 424 g/mol. The fourth-order valence-corrected chi connectivity index (χ4v) is 3.36. The number of aliphatic imine (C=N–C) groups is 1. The minimum Gasteiger partial charge on any atom is -0.497 e. The van der Waals surface area contributed by atoms with Gasteiger partial charge in [-0.3, -0.25) is 9.89 Å². The van der Waals surface area contributed by atoms with Gasteiger partial charge in [-0.25, -0.2) is 4.68 Å². The van der Waals surface area contributed by atoms with Gasteiger partial charge in [-0.15, -0.1) is 0 Å². The second kappa shape index (κ2) is 9.38. The molecule has 7 nitrogen and oxygen atoms in total. The van der Waals surface area contributed by atoms with Crippen molar-refractivity contribution in [2.45, 2.75) is 25.7 Å². The minimum absolute atomic E-state index is 0.341. The summed E-state index contributed by atoms with van der Waals surface area (Å²) in [5, 5.41) is 7.81. The molecule has 1 aromatic heterocycles. The van der Waals surface area contributed by atoms with E-state index in [9.17, 15) is 13.2 Å². The molecule has 0 spiro atoms. The molecule has 1 aromatic carbocycles. The van der Waals surface area contributed by atoms with Crippen molar-refractivity contribution in [1.82, 2.24) is 24.9 Å². The van der Waals surface area contributed by atoms with Gasteiger partial charge >= 0.3 is 6.18 Å². The quantitative estimate of drug-likeness (QED) is 0.591. The van der Waals surface area contributed by atoms with Crippen LogP contribution in [0.25, 0.3) is 5.69 Å². The van der Waals surface area contributed by atoms with Crippen LogP contribution in [0.2, 0.25) is 0 Å². The number of ether oxygens (including phenoxy) is 1. The van der Waals surface area contributed by atoms with E-state index < -0.39 is 12.2 Å². The first kappa shape index (κ1) is 21.9. The number of piperazine rings is 1. The number of nitrogens with zero attached hydrogens (tertiary/aromatic N) is 5. The highest BCUT2D eigenvalue weighted by molar-refractivity contribution is 5.79. The Hall–Kier alpha value is -2.75. The fraction of sp³-hybridized carbons (Fsp3) is 0.500. The Kier molecular flexibility index (Phi) is 6.86.